The van der Waals surface area contributed by atoms with Crippen LogP contribution in [-0.4, -0.2) is 22.1 Å². The van der Waals surface area contributed by atoms with E-state index in [1.807, 2.05) is 48.5 Å². The second kappa shape index (κ2) is 10.3. The van der Waals surface area contributed by atoms with E-state index in [-0.39, 0.29) is 11.8 Å². The number of unbranched alkanes of at least 4 members (excludes halogenated alkanes) is 1. The molecule has 1 aliphatic carbocycles. The van der Waals surface area contributed by atoms with Gasteiger partial charge in [0.1, 0.15) is 11.6 Å². The monoisotopic (exact) mass is 405 g/mol. The summed E-state index contributed by atoms with van der Waals surface area (Å²) in [5, 5.41) is 3.15. The molecule has 0 atom stereocenters. The number of para-hydroxylation sites is 3. The fourth-order valence-corrected chi connectivity index (χ4v) is 4.26. The maximum Gasteiger partial charge on any atom is 0.223 e. The first kappa shape index (κ1) is 20.5. The van der Waals surface area contributed by atoms with Crippen LogP contribution in [0.15, 0.2) is 54.6 Å². The number of carbonyl (C=O) groups is 1. The van der Waals surface area contributed by atoms with Crippen LogP contribution in [0.5, 0.6) is 5.75 Å². The van der Waals surface area contributed by atoms with Gasteiger partial charge in [-0.1, -0.05) is 49.6 Å². The Balaban J connectivity index is 1.34. The average molecular weight is 406 g/mol. The molecule has 5 heteroatoms. The Morgan fingerprint density at radius 1 is 1.00 bits per heavy atom. The SMILES string of the molecule is O=C(NCc1nc2ccccc2n1CCCCOc1ccccc1)C1CCCCC1. The number of carbonyl (C=O) groups excluding carboxylic acids is 1. The van der Waals surface area contributed by atoms with Crippen LogP contribution in [0.3, 0.4) is 0 Å². The van der Waals surface area contributed by atoms with E-state index >= 15 is 0 Å². The molecule has 1 N–H and O–H groups in total. The Kier molecular flexibility index (Phi) is 7.01. The Morgan fingerprint density at radius 3 is 2.60 bits per heavy atom. The van der Waals surface area contributed by atoms with Crippen molar-refractivity contribution in [3.05, 3.63) is 60.4 Å². The predicted molar refractivity (Wildman–Crippen MR) is 119 cm³/mol. The van der Waals surface area contributed by atoms with Crippen LogP contribution in [0, 0.1) is 5.92 Å². The maximum absolute atomic E-state index is 12.6. The van der Waals surface area contributed by atoms with Crippen LogP contribution in [0.2, 0.25) is 0 Å². The zero-order chi connectivity index (χ0) is 20.6. The number of benzene rings is 2. The summed E-state index contributed by atoms with van der Waals surface area (Å²) in [4.78, 5) is 17.4. The fraction of sp³-hybridized carbons (Fsp3) is 0.440. The summed E-state index contributed by atoms with van der Waals surface area (Å²) in [7, 11) is 0. The molecule has 1 amide bonds. The molecule has 1 fully saturated rings. The van der Waals surface area contributed by atoms with Crippen LogP contribution < -0.4 is 10.1 Å². The molecule has 4 rings (SSSR count). The maximum atomic E-state index is 12.6. The molecule has 0 aliphatic heterocycles. The van der Waals surface area contributed by atoms with Gasteiger partial charge in [0.15, 0.2) is 0 Å². The lowest BCUT2D eigenvalue weighted by Crippen LogP contribution is -2.32. The Labute approximate surface area is 178 Å². The number of rotatable bonds is 9. The van der Waals surface area contributed by atoms with Crippen molar-refractivity contribution < 1.29 is 9.53 Å². The number of hydrogen-bond acceptors (Lipinski definition) is 3. The molecule has 1 saturated carbocycles. The van der Waals surface area contributed by atoms with E-state index in [0.717, 1.165) is 54.8 Å². The number of nitrogens with zero attached hydrogens (tertiary/aromatic N) is 2. The summed E-state index contributed by atoms with van der Waals surface area (Å²) in [6.07, 6.45) is 7.59. The van der Waals surface area contributed by atoms with Crippen molar-refractivity contribution in [2.75, 3.05) is 6.61 Å². The van der Waals surface area contributed by atoms with Gasteiger partial charge in [-0.15, -0.1) is 0 Å². The number of ether oxygens (including phenoxy) is 1. The third kappa shape index (κ3) is 5.21. The molecule has 0 radical (unpaired) electrons. The van der Waals surface area contributed by atoms with Crippen molar-refractivity contribution in [2.45, 2.75) is 58.0 Å². The molecule has 0 spiro atoms. The number of hydrogen-bond donors (Lipinski definition) is 1. The lowest BCUT2D eigenvalue weighted by Gasteiger charge is -2.20. The molecule has 158 valence electrons. The van der Waals surface area contributed by atoms with Gasteiger partial charge >= 0.3 is 0 Å². The fourth-order valence-electron chi connectivity index (χ4n) is 4.26. The largest absolute Gasteiger partial charge is 0.494 e. The highest BCUT2D eigenvalue weighted by Crippen LogP contribution is 2.24. The minimum atomic E-state index is 0.173. The lowest BCUT2D eigenvalue weighted by atomic mass is 9.89. The van der Waals surface area contributed by atoms with Crippen molar-refractivity contribution in [3.63, 3.8) is 0 Å². The van der Waals surface area contributed by atoms with Gasteiger partial charge in [-0.05, 0) is 49.9 Å². The van der Waals surface area contributed by atoms with E-state index in [1.54, 1.807) is 0 Å². The third-order valence-corrected chi connectivity index (χ3v) is 5.92. The first-order valence-electron chi connectivity index (χ1n) is 11.2. The number of nitrogens with one attached hydrogen (secondary N) is 1. The molecule has 3 aromatic rings. The predicted octanol–water partition coefficient (Wildman–Crippen LogP) is 5.09. The topological polar surface area (TPSA) is 56.2 Å². The smallest absolute Gasteiger partial charge is 0.223 e. The van der Waals surface area contributed by atoms with Crippen LogP contribution in [0.25, 0.3) is 11.0 Å². The number of fused-ring (bicyclic) bond motifs is 1. The molecule has 5 nitrogen and oxygen atoms in total. The van der Waals surface area contributed by atoms with Gasteiger partial charge in [-0.3, -0.25) is 4.79 Å². The number of aromatic nitrogens is 2. The second-order valence-corrected chi connectivity index (χ2v) is 8.09. The van der Waals surface area contributed by atoms with Crippen LogP contribution in [0.1, 0.15) is 50.8 Å². The number of aryl methyl sites for hydroxylation is 1. The summed E-state index contributed by atoms with van der Waals surface area (Å²) in [6.45, 7) is 2.06. The quantitative estimate of drug-likeness (QED) is 0.504. The molecule has 0 unspecified atom stereocenters. The highest BCUT2D eigenvalue weighted by molar-refractivity contribution is 5.79. The van der Waals surface area contributed by atoms with E-state index in [0.29, 0.717) is 13.2 Å². The Bertz CT molecular complexity index is 945. The first-order valence-corrected chi connectivity index (χ1v) is 11.2. The van der Waals surface area contributed by atoms with Gasteiger partial charge in [0.05, 0.1) is 24.2 Å². The van der Waals surface area contributed by atoms with Crippen molar-refractivity contribution >= 4 is 16.9 Å². The minimum Gasteiger partial charge on any atom is -0.494 e. The van der Waals surface area contributed by atoms with E-state index in [2.05, 4.69) is 16.0 Å². The van der Waals surface area contributed by atoms with Gasteiger partial charge < -0.3 is 14.6 Å². The summed E-state index contributed by atoms with van der Waals surface area (Å²) in [5.41, 5.74) is 2.11. The van der Waals surface area contributed by atoms with E-state index in [4.69, 9.17) is 9.72 Å². The Morgan fingerprint density at radius 2 is 1.77 bits per heavy atom. The molecule has 30 heavy (non-hydrogen) atoms. The third-order valence-electron chi connectivity index (χ3n) is 5.92. The molecule has 0 bridgehead atoms. The zero-order valence-corrected chi connectivity index (χ0v) is 17.6. The second-order valence-electron chi connectivity index (χ2n) is 8.09. The van der Waals surface area contributed by atoms with Crippen LogP contribution >= 0.6 is 0 Å². The van der Waals surface area contributed by atoms with Crippen LogP contribution in [-0.2, 0) is 17.9 Å². The van der Waals surface area contributed by atoms with Gasteiger partial charge in [-0.2, -0.15) is 0 Å². The standard InChI is InChI=1S/C25H31N3O2/c29-25(20-11-3-1-4-12-20)26-19-24-27-22-15-7-8-16-23(22)28(24)17-9-10-18-30-21-13-5-2-6-14-21/h2,5-8,13-16,20H,1,3-4,9-12,17-19H2,(H,26,29). The minimum absolute atomic E-state index is 0.173. The molecule has 1 heterocycles. The molecule has 0 saturated heterocycles. The summed E-state index contributed by atoms with van der Waals surface area (Å²) >= 11 is 0. The number of amides is 1. The average Bonchev–Trinajstić information content (AvgIpc) is 3.16. The van der Waals surface area contributed by atoms with E-state index in [1.165, 1.54) is 19.3 Å². The molecule has 2 aromatic carbocycles. The zero-order valence-electron chi connectivity index (χ0n) is 17.6. The Hall–Kier alpha value is -2.82. The lowest BCUT2D eigenvalue weighted by molar-refractivity contribution is -0.126. The van der Waals surface area contributed by atoms with Crippen molar-refractivity contribution in [1.82, 2.24) is 14.9 Å². The summed E-state index contributed by atoms with van der Waals surface area (Å²) in [5.74, 6) is 2.21. The molecule has 1 aromatic heterocycles. The first-order chi connectivity index (χ1) is 14.8. The summed E-state index contributed by atoms with van der Waals surface area (Å²) in [6, 6.07) is 18.1. The molecular formula is C25H31N3O2. The highest BCUT2D eigenvalue weighted by Gasteiger charge is 2.21. The van der Waals surface area contributed by atoms with E-state index < -0.39 is 0 Å². The van der Waals surface area contributed by atoms with Crippen molar-refractivity contribution in [3.8, 4) is 5.75 Å². The van der Waals surface area contributed by atoms with Crippen molar-refractivity contribution in [2.24, 2.45) is 5.92 Å². The molecular weight excluding hydrogens is 374 g/mol. The number of imidazole rings is 1. The van der Waals surface area contributed by atoms with Gasteiger partial charge in [0.2, 0.25) is 5.91 Å². The van der Waals surface area contributed by atoms with Gasteiger partial charge in [-0.25, -0.2) is 4.98 Å². The van der Waals surface area contributed by atoms with Crippen LogP contribution in [0.4, 0.5) is 0 Å². The summed E-state index contributed by atoms with van der Waals surface area (Å²) < 4.78 is 8.06. The molecule has 1 aliphatic rings. The van der Waals surface area contributed by atoms with E-state index in [9.17, 15) is 4.79 Å². The normalized spacial score (nSPS) is 14.7. The van der Waals surface area contributed by atoms with Crippen molar-refractivity contribution in [1.29, 1.82) is 0 Å². The van der Waals surface area contributed by atoms with Gasteiger partial charge in [0.25, 0.3) is 0 Å². The van der Waals surface area contributed by atoms with Gasteiger partial charge in [0, 0.05) is 12.5 Å². The highest BCUT2D eigenvalue weighted by atomic mass is 16.5.